The van der Waals surface area contributed by atoms with Gasteiger partial charge >= 0.3 is 0 Å². The molecular weight excluding hydrogens is 320 g/mol. The fourth-order valence-corrected chi connectivity index (χ4v) is 3.39. The number of piperidine rings is 1. The van der Waals surface area contributed by atoms with Gasteiger partial charge in [0.2, 0.25) is 0 Å². The Morgan fingerprint density at radius 1 is 1.35 bits per heavy atom. The van der Waals surface area contributed by atoms with Crippen molar-refractivity contribution in [2.45, 2.75) is 32.2 Å². The van der Waals surface area contributed by atoms with Crippen LogP contribution < -0.4 is 16.2 Å². The second-order valence-corrected chi connectivity index (χ2v) is 6.76. The number of aromatic nitrogens is 2. The fourth-order valence-electron chi connectivity index (χ4n) is 2.83. The van der Waals surface area contributed by atoms with Crippen LogP contribution in [0.3, 0.4) is 0 Å². The standard InChI is InChI=1S/C14H21BrN4O/c15-13-12(18-5-1-2-11(6-16)8-18)7-17-19(14(13)20)9-10-3-4-10/h7,10-11H,1-6,8-9,16H2. The maximum absolute atomic E-state index is 12.3. The van der Waals surface area contributed by atoms with E-state index in [0.717, 1.165) is 31.7 Å². The summed E-state index contributed by atoms with van der Waals surface area (Å²) in [5, 5.41) is 4.35. The second-order valence-electron chi connectivity index (χ2n) is 5.96. The van der Waals surface area contributed by atoms with Crippen molar-refractivity contribution >= 4 is 21.6 Å². The Labute approximate surface area is 127 Å². The number of nitrogens with two attached hydrogens (primary N) is 1. The minimum Gasteiger partial charge on any atom is -0.369 e. The topological polar surface area (TPSA) is 64.2 Å². The van der Waals surface area contributed by atoms with E-state index in [1.807, 2.05) is 6.20 Å². The molecule has 0 spiro atoms. The third-order valence-electron chi connectivity index (χ3n) is 4.29. The van der Waals surface area contributed by atoms with E-state index in [0.29, 0.717) is 22.9 Å². The smallest absolute Gasteiger partial charge is 0.283 e. The lowest BCUT2D eigenvalue weighted by Crippen LogP contribution is -2.39. The van der Waals surface area contributed by atoms with Crippen LogP contribution >= 0.6 is 15.9 Å². The van der Waals surface area contributed by atoms with Crippen molar-refractivity contribution in [2.24, 2.45) is 17.6 Å². The summed E-state index contributed by atoms with van der Waals surface area (Å²) in [4.78, 5) is 14.6. The molecule has 2 N–H and O–H groups in total. The number of rotatable bonds is 4. The van der Waals surface area contributed by atoms with E-state index in [9.17, 15) is 4.79 Å². The Hall–Kier alpha value is -0.880. The predicted molar refractivity (Wildman–Crippen MR) is 82.9 cm³/mol. The number of halogens is 1. The molecule has 6 heteroatoms. The average molecular weight is 341 g/mol. The summed E-state index contributed by atoms with van der Waals surface area (Å²) in [6.45, 7) is 3.36. The van der Waals surface area contributed by atoms with Gasteiger partial charge in [-0.3, -0.25) is 4.79 Å². The van der Waals surface area contributed by atoms with Gasteiger partial charge in [-0.15, -0.1) is 0 Å². The lowest BCUT2D eigenvalue weighted by molar-refractivity contribution is 0.422. The lowest BCUT2D eigenvalue weighted by atomic mass is 9.98. The molecule has 1 aromatic heterocycles. The zero-order valence-corrected chi connectivity index (χ0v) is 13.2. The Balaban J connectivity index is 1.82. The van der Waals surface area contributed by atoms with Gasteiger partial charge in [-0.05, 0) is 60.0 Å². The maximum atomic E-state index is 12.3. The molecule has 5 nitrogen and oxygen atoms in total. The highest BCUT2D eigenvalue weighted by Crippen LogP contribution is 2.31. The van der Waals surface area contributed by atoms with Crippen LogP contribution in [0.25, 0.3) is 0 Å². The molecule has 0 bridgehead atoms. The van der Waals surface area contributed by atoms with Crippen molar-refractivity contribution < 1.29 is 0 Å². The van der Waals surface area contributed by atoms with Gasteiger partial charge in [0, 0.05) is 19.6 Å². The molecule has 0 radical (unpaired) electrons. The molecule has 1 saturated carbocycles. The summed E-state index contributed by atoms with van der Waals surface area (Å²) < 4.78 is 2.24. The first-order valence-electron chi connectivity index (χ1n) is 7.39. The summed E-state index contributed by atoms with van der Waals surface area (Å²) in [5.41, 5.74) is 6.68. The first kappa shape index (κ1) is 14.1. The Morgan fingerprint density at radius 2 is 2.15 bits per heavy atom. The van der Waals surface area contributed by atoms with E-state index >= 15 is 0 Å². The summed E-state index contributed by atoms with van der Waals surface area (Å²) >= 11 is 3.47. The molecule has 0 aromatic carbocycles. The van der Waals surface area contributed by atoms with Crippen molar-refractivity contribution in [3.8, 4) is 0 Å². The largest absolute Gasteiger partial charge is 0.369 e. The highest BCUT2D eigenvalue weighted by molar-refractivity contribution is 9.10. The molecule has 3 rings (SSSR count). The van der Waals surface area contributed by atoms with Gasteiger partial charge in [0.1, 0.15) is 4.47 Å². The average Bonchev–Trinajstić information content (AvgIpc) is 3.28. The molecule has 20 heavy (non-hydrogen) atoms. The van der Waals surface area contributed by atoms with Crippen LogP contribution in [-0.2, 0) is 6.54 Å². The molecule has 1 atom stereocenters. The molecule has 1 saturated heterocycles. The summed E-state index contributed by atoms with van der Waals surface area (Å²) in [7, 11) is 0. The van der Waals surface area contributed by atoms with Gasteiger partial charge in [0.05, 0.1) is 11.9 Å². The van der Waals surface area contributed by atoms with Crippen molar-refractivity contribution in [1.82, 2.24) is 9.78 Å². The Morgan fingerprint density at radius 3 is 2.85 bits per heavy atom. The highest BCUT2D eigenvalue weighted by Gasteiger charge is 2.25. The van der Waals surface area contributed by atoms with Gasteiger partial charge in [0.25, 0.3) is 5.56 Å². The minimum absolute atomic E-state index is 0.00993. The predicted octanol–water partition coefficient (Wildman–Crippen LogP) is 1.59. The molecule has 2 fully saturated rings. The van der Waals surface area contributed by atoms with Crippen LogP contribution in [0, 0.1) is 11.8 Å². The van der Waals surface area contributed by atoms with Gasteiger partial charge in [-0.2, -0.15) is 5.10 Å². The quantitative estimate of drug-likeness (QED) is 0.903. The summed E-state index contributed by atoms with van der Waals surface area (Å²) in [5.74, 6) is 1.17. The van der Waals surface area contributed by atoms with Crippen molar-refractivity contribution in [2.75, 3.05) is 24.5 Å². The highest BCUT2D eigenvalue weighted by atomic mass is 79.9. The third-order valence-corrected chi connectivity index (χ3v) is 5.03. The monoisotopic (exact) mass is 340 g/mol. The summed E-state index contributed by atoms with van der Waals surface area (Å²) in [6.07, 6.45) is 6.57. The normalized spacial score (nSPS) is 23.1. The van der Waals surface area contributed by atoms with Gasteiger partial charge < -0.3 is 10.6 Å². The molecule has 1 unspecified atom stereocenters. The lowest BCUT2D eigenvalue weighted by Gasteiger charge is -2.34. The first-order chi connectivity index (χ1) is 9.69. The van der Waals surface area contributed by atoms with Crippen molar-refractivity contribution in [3.63, 3.8) is 0 Å². The molecule has 0 amide bonds. The van der Waals surface area contributed by atoms with E-state index in [4.69, 9.17) is 5.73 Å². The van der Waals surface area contributed by atoms with Crippen LogP contribution in [0.5, 0.6) is 0 Å². The van der Waals surface area contributed by atoms with Crippen molar-refractivity contribution in [3.05, 3.63) is 21.0 Å². The Bertz CT molecular complexity index is 540. The van der Waals surface area contributed by atoms with Crippen molar-refractivity contribution in [1.29, 1.82) is 0 Å². The number of nitrogens with zero attached hydrogens (tertiary/aromatic N) is 3. The van der Waals surface area contributed by atoms with Crippen LogP contribution in [-0.4, -0.2) is 29.4 Å². The van der Waals surface area contributed by atoms with E-state index in [2.05, 4.69) is 25.9 Å². The minimum atomic E-state index is -0.00993. The van der Waals surface area contributed by atoms with Gasteiger partial charge in [-0.1, -0.05) is 0 Å². The van der Waals surface area contributed by atoms with Gasteiger partial charge in [0.15, 0.2) is 0 Å². The molecule has 2 heterocycles. The molecule has 1 aliphatic carbocycles. The summed E-state index contributed by atoms with van der Waals surface area (Å²) in [6, 6.07) is 0. The fraction of sp³-hybridized carbons (Fsp3) is 0.714. The molecule has 2 aliphatic rings. The SMILES string of the molecule is NCC1CCCN(c2cnn(CC3CC3)c(=O)c2Br)C1. The van der Waals surface area contributed by atoms with E-state index < -0.39 is 0 Å². The van der Waals surface area contributed by atoms with Gasteiger partial charge in [-0.25, -0.2) is 4.68 Å². The van der Waals surface area contributed by atoms with E-state index in [1.54, 1.807) is 4.68 Å². The maximum Gasteiger partial charge on any atom is 0.283 e. The molecule has 1 aliphatic heterocycles. The van der Waals surface area contributed by atoms with Crippen LogP contribution in [0.15, 0.2) is 15.5 Å². The number of hydrogen-bond acceptors (Lipinski definition) is 4. The third kappa shape index (κ3) is 2.91. The first-order valence-corrected chi connectivity index (χ1v) is 8.19. The van der Waals surface area contributed by atoms with Crippen LogP contribution in [0.2, 0.25) is 0 Å². The van der Waals surface area contributed by atoms with Crippen LogP contribution in [0.4, 0.5) is 5.69 Å². The van der Waals surface area contributed by atoms with E-state index in [-0.39, 0.29) is 5.56 Å². The second kappa shape index (κ2) is 5.85. The zero-order chi connectivity index (χ0) is 14.1. The number of hydrogen-bond donors (Lipinski definition) is 1. The zero-order valence-electron chi connectivity index (χ0n) is 11.6. The van der Waals surface area contributed by atoms with Crippen LogP contribution in [0.1, 0.15) is 25.7 Å². The molecule has 110 valence electrons. The van der Waals surface area contributed by atoms with E-state index in [1.165, 1.54) is 19.3 Å². The Kier molecular flexibility index (Phi) is 4.12. The molecule has 1 aromatic rings. The number of anilines is 1. The molecular formula is C14H21BrN4O.